The number of nitrogens with zero attached hydrogens (tertiary/aromatic N) is 2. The van der Waals surface area contributed by atoms with E-state index in [1.807, 2.05) is 0 Å². The van der Waals surface area contributed by atoms with E-state index < -0.39 is 6.09 Å². The Labute approximate surface area is 57.8 Å². The Morgan fingerprint density at radius 1 is 1.50 bits per heavy atom. The number of allylic oxidation sites excluding steroid dienone is 2. The molecule has 1 rings (SSSR count). The van der Waals surface area contributed by atoms with Crippen molar-refractivity contribution in [3.05, 3.63) is 24.6 Å². The van der Waals surface area contributed by atoms with E-state index in [4.69, 9.17) is 5.11 Å². The number of hydrogen-bond acceptors (Lipinski definition) is 2. The fourth-order valence-electron chi connectivity index (χ4n) is 0.504. The number of aliphatic imine (C=N–C) groups is 1. The third-order valence-corrected chi connectivity index (χ3v) is 0.942. The van der Waals surface area contributed by atoms with Gasteiger partial charge in [-0.2, -0.15) is 0 Å². The van der Waals surface area contributed by atoms with Gasteiger partial charge in [0.05, 0.1) is 0 Å². The summed E-state index contributed by atoms with van der Waals surface area (Å²) in [5.74, 6) is 0. The van der Waals surface area contributed by atoms with E-state index in [-0.39, 0.29) is 0 Å². The van der Waals surface area contributed by atoms with Crippen molar-refractivity contribution in [2.24, 2.45) is 4.99 Å². The SMILES string of the molecule is O=C(O)N1C=CC=CN=C1. The van der Waals surface area contributed by atoms with Crippen LogP contribution in [0.1, 0.15) is 0 Å². The van der Waals surface area contributed by atoms with Crippen molar-refractivity contribution in [3.63, 3.8) is 0 Å². The van der Waals surface area contributed by atoms with Crippen molar-refractivity contribution in [3.8, 4) is 0 Å². The molecule has 0 spiro atoms. The number of rotatable bonds is 0. The van der Waals surface area contributed by atoms with E-state index in [9.17, 15) is 4.79 Å². The third kappa shape index (κ3) is 1.45. The van der Waals surface area contributed by atoms with Gasteiger partial charge in [-0.25, -0.2) is 14.7 Å². The average Bonchev–Trinajstić information content (AvgIpc) is 2.12. The number of carboxylic acid groups (broad SMARTS) is 1. The molecule has 4 nitrogen and oxygen atoms in total. The molecule has 0 aliphatic carbocycles. The minimum Gasteiger partial charge on any atom is -0.464 e. The average molecular weight is 138 g/mol. The van der Waals surface area contributed by atoms with Crippen LogP contribution in [-0.2, 0) is 0 Å². The molecule has 1 aliphatic rings. The highest BCUT2D eigenvalue weighted by molar-refractivity contribution is 5.82. The Balaban J connectivity index is 2.72. The molecule has 10 heavy (non-hydrogen) atoms. The monoisotopic (exact) mass is 138 g/mol. The Bertz CT molecular complexity index is 202. The van der Waals surface area contributed by atoms with Crippen LogP contribution in [-0.4, -0.2) is 22.4 Å². The predicted octanol–water partition coefficient (Wildman–Crippen LogP) is 1.04. The second-order valence-corrected chi connectivity index (χ2v) is 1.64. The van der Waals surface area contributed by atoms with Crippen LogP contribution in [0, 0.1) is 0 Å². The molecule has 0 aromatic heterocycles. The second-order valence-electron chi connectivity index (χ2n) is 1.64. The van der Waals surface area contributed by atoms with Crippen LogP contribution in [0.5, 0.6) is 0 Å². The lowest BCUT2D eigenvalue weighted by atomic mass is 10.6. The standard InChI is InChI=1S/C6H6N2O2/c9-6(10)8-4-2-1-3-7-5-8/h1-5H,(H,9,10). The van der Waals surface area contributed by atoms with E-state index in [0.29, 0.717) is 0 Å². The lowest BCUT2D eigenvalue weighted by molar-refractivity contribution is 0.181. The quantitative estimate of drug-likeness (QED) is 0.543. The van der Waals surface area contributed by atoms with Crippen LogP contribution in [0.4, 0.5) is 4.79 Å². The molecular formula is C6H6N2O2. The van der Waals surface area contributed by atoms with Crippen LogP contribution >= 0.6 is 0 Å². The molecule has 0 unspecified atom stereocenters. The van der Waals surface area contributed by atoms with Crippen molar-refractivity contribution in [1.29, 1.82) is 0 Å². The minimum atomic E-state index is -1.04. The van der Waals surface area contributed by atoms with Gasteiger partial charge in [0.2, 0.25) is 0 Å². The highest BCUT2D eigenvalue weighted by Crippen LogP contribution is 1.92. The summed E-state index contributed by atoms with van der Waals surface area (Å²) >= 11 is 0. The molecule has 1 aliphatic heterocycles. The van der Waals surface area contributed by atoms with Gasteiger partial charge in [-0.1, -0.05) is 0 Å². The molecule has 0 aromatic carbocycles. The summed E-state index contributed by atoms with van der Waals surface area (Å²) in [6, 6.07) is 0. The number of carbonyl (C=O) groups is 1. The lowest BCUT2D eigenvalue weighted by Gasteiger charge is -2.03. The summed E-state index contributed by atoms with van der Waals surface area (Å²) in [7, 11) is 0. The molecule has 0 saturated carbocycles. The fourth-order valence-corrected chi connectivity index (χ4v) is 0.504. The molecule has 1 N–H and O–H groups in total. The Morgan fingerprint density at radius 2 is 2.30 bits per heavy atom. The Kier molecular flexibility index (Phi) is 1.84. The number of amides is 1. The summed E-state index contributed by atoms with van der Waals surface area (Å²) < 4.78 is 0. The van der Waals surface area contributed by atoms with Crippen molar-refractivity contribution in [2.75, 3.05) is 0 Å². The molecular weight excluding hydrogens is 132 g/mol. The molecule has 52 valence electrons. The van der Waals surface area contributed by atoms with Gasteiger partial charge >= 0.3 is 6.09 Å². The van der Waals surface area contributed by atoms with Crippen molar-refractivity contribution in [2.45, 2.75) is 0 Å². The van der Waals surface area contributed by atoms with Gasteiger partial charge in [-0.3, -0.25) is 0 Å². The van der Waals surface area contributed by atoms with E-state index in [0.717, 1.165) is 4.90 Å². The Hall–Kier alpha value is -1.58. The van der Waals surface area contributed by atoms with Crippen molar-refractivity contribution in [1.82, 2.24) is 4.90 Å². The molecule has 4 heteroatoms. The van der Waals surface area contributed by atoms with Gasteiger partial charge in [-0.05, 0) is 12.2 Å². The number of hydrogen-bond donors (Lipinski definition) is 1. The van der Waals surface area contributed by atoms with Crippen molar-refractivity contribution >= 4 is 12.4 Å². The first-order chi connectivity index (χ1) is 4.80. The predicted molar refractivity (Wildman–Crippen MR) is 36.6 cm³/mol. The molecule has 0 aromatic rings. The first-order valence-electron chi connectivity index (χ1n) is 2.68. The van der Waals surface area contributed by atoms with Gasteiger partial charge in [0, 0.05) is 12.4 Å². The molecule has 1 heterocycles. The van der Waals surface area contributed by atoms with Crippen LogP contribution < -0.4 is 0 Å². The summed E-state index contributed by atoms with van der Waals surface area (Å²) in [5.41, 5.74) is 0. The van der Waals surface area contributed by atoms with E-state index >= 15 is 0 Å². The normalized spacial score (nSPS) is 15.4. The molecule has 1 amide bonds. The van der Waals surface area contributed by atoms with Crippen LogP contribution in [0.25, 0.3) is 0 Å². The maximum atomic E-state index is 10.3. The van der Waals surface area contributed by atoms with Gasteiger partial charge in [-0.15, -0.1) is 0 Å². The van der Waals surface area contributed by atoms with Gasteiger partial charge < -0.3 is 5.11 Å². The highest BCUT2D eigenvalue weighted by atomic mass is 16.4. The zero-order chi connectivity index (χ0) is 7.40. The second kappa shape index (κ2) is 2.82. The topological polar surface area (TPSA) is 52.9 Å². The lowest BCUT2D eigenvalue weighted by Crippen LogP contribution is -2.20. The first kappa shape index (κ1) is 6.54. The Morgan fingerprint density at radius 3 is 3.00 bits per heavy atom. The van der Waals surface area contributed by atoms with Crippen LogP contribution in [0.15, 0.2) is 29.5 Å². The highest BCUT2D eigenvalue weighted by Gasteiger charge is 2.03. The molecule has 0 radical (unpaired) electrons. The van der Waals surface area contributed by atoms with Gasteiger partial charge in [0.1, 0.15) is 6.34 Å². The fraction of sp³-hybridized carbons (Fsp3) is 0. The summed E-state index contributed by atoms with van der Waals surface area (Å²) in [5, 5.41) is 8.42. The summed E-state index contributed by atoms with van der Waals surface area (Å²) in [6.45, 7) is 0. The largest absolute Gasteiger partial charge is 0.464 e. The maximum Gasteiger partial charge on any atom is 0.416 e. The summed E-state index contributed by atoms with van der Waals surface area (Å²) in [4.78, 5) is 14.9. The first-order valence-corrected chi connectivity index (χ1v) is 2.68. The zero-order valence-electron chi connectivity index (χ0n) is 5.14. The molecule has 0 atom stereocenters. The van der Waals surface area contributed by atoms with E-state index in [1.54, 1.807) is 12.2 Å². The van der Waals surface area contributed by atoms with Crippen molar-refractivity contribution < 1.29 is 9.90 Å². The van der Waals surface area contributed by atoms with E-state index in [1.165, 1.54) is 18.7 Å². The summed E-state index contributed by atoms with van der Waals surface area (Å²) in [6.07, 6.45) is 6.36. The maximum absolute atomic E-state index is 10.3. The third-order valence-electron chi connectivity index (χ3n) is 0.942. The van der Waals surface area contributed by atoms with Gasteiger partial charge in [0.15, 0.2) is 0 Å². The molecule has 0 fully saturated rings. The van der Waals surface area contributed by atoms with E-state index in [2.05, 4.69) is 4.99 Å². The molecule has 0 bridgehead atoms. The van der Waals surface area contributed by atoms with Gasteiger partial charge in [0.25, 0.3) is 0 Å². The van der Waals surface area contributed by atoms with Crippen LogP contribution in [0.2, 0.25) is 0 Å². The molecule has 0 saturated heterocycles. The zero-order valence-corrected chi connectivity index (χ0v) is 5.14. The smallest absolute Gasteiger partial charge is 0.416 e. The minimum absolute atomic E-state index is 0.972. The van der Waals surface area contributed by atoms with Crippen LogP contribution in [0.3, 0.4) is 0 Å².